The standard InChI is InChI=1S/C12H10BrFINS/c1-7(10-5-6-11(13)17-10)16-9-4-2-3-8(14)12(9)15/h2-7,16H,1H3. The zero-order chi connectivity index (χ0) is 12.4. The van der Waals surface area contributed by atoms with Gasteiger partial charge in [0.1, 0.15) is 5.82 Å². The van der Waals surface area contributed by atoms with Gasteiger partial charge in [0.05, 0.1) is 19.1 Å². The largest absolute Gasteiger partial charge is 0.377 e. The van der Waals surface area contributed by atoms with Gasteiger partial charge in [0.25, 0.3) is 0 Å². The van der Waals surface area contributed by atoms with Crippen LogP contribution in [-0.4, -0.2) is 0 Å². The van der Waals surface area contributed by atoms with Crippen LogP contribution in [0, 0.1) is 9.39 Å². The number of thiophene rings is 1. The zero-order valence-corrected chi connectivity index (χ0v) is 13.6. The van der Waals surface area contributed by atoms with Crippen LogP contribution in [-0.2, 0) is 0 Å². The van der Waals surface area contributed by atoms with E-state index in [1.807, 2.05) is 34.7 Å². The van der Waals surface area contributed by atoms with Crippen LogP contribution >= 0.6 is 49.9 Å². The molecule has 0 bridgehead atoms. The van der Waals surface area contributed by atoms with Gasteiger partial charge in [-0.3, -0.25) is 0 Å². The van der Waals surface area contributed by atoms with Gasteiger partial charge in [-0.25, -0.2) is 4.39 Å². The van der Waals surface area contributed by atoms with E-state index >= 15 is 0 Å². The molecule has 1 nitrogen and oxygen atoms in total. The number of hydrogen-bond donors (Lipinski definition) is 1. The smallest absolute Gasteiger partial charge is 0.138 e. The van der Waals surface area contributed by atoms with E-state index in [0.717, 1.165) is 9.47 Å². The first-order chi connectivity index (χ1) is 8.08. The van der Waals surface area contributed by atoms with Crippen molar-refractivity contribution in [1.29, 1.82) is 0 Å². The molecule has 5 heteroatoms. The molecule has 0 aliphatic rings. The Hall–Kier alpha value is -0.140. The lowest BCUT2D eigenvalue weighted by Gasteiger charge is -2.15. The second-order valence-corrected chi connectivity index (χ2v) is 7.18. The fourth-order valence-corrected chi connectivity index (χ4v) is 3.42. The molecule has 1 aromatic heterocycles. The molecule has 0 aliphatic carbocycles. The molecule has 1 heterocycles. The number of hydrogen-bond acceptors (Lipinski definition) is 2. The molecule has 0 fully saturated rings. The molecule has 1 aromatic carbocycles. The first kappa shape index (κ1) is 13.3. The predicted octanol–water partition coefficient (Wildman–Crippen LogP) is 5.43. The quantitative estimate of drug-likeness (QED) is 0.646. The summed E-state index contributed by atoms with van der Waals surface area (Å²) in [5, 5.41) is 3.32. The minimum atomic E-state index is -0.185. The Morgan fingerprint density at radius 3 is 2.76 bits per heavy atom. The Morgan fingerprint density at radius 1 is 1.35 bits per heavy atom. The minimum absolute atomic E-state index is 0.168. The summed E-state index contributed by atoms with van der Waals surface area (Å²) in [5.74, 6) is -0.185. The molecule has 0 radical (unpaired) electrons. The molecule has 17 heavy (non-hydrogen) atoms. The van der Waals surface area contributed by atoms with Crippen molar-refractivity contribution >= 4 is 55.5 Å². The maximum absolute atomic E-state index is 13.4. The van der Waals surface area contributed by atoms with Crippen molar-refractivity contribution in [3.8, 4) is 0 Å². The summed E-state index contributed by atoms with van der Waals surface area (Å²) in [4.78, 5) is 1.22. The van der Waals surface area contributed by atoms with Gasteiger partial charge in [0.15, 0.2) is 0 Å². The SMILES string of the molecule is CC(Nc1cccc(F)c1I)c1ccc(Br)s1. The highest BCUT2D eigenvalue weighted by atomic mass is 127. The number of rotatable bonds is 3. The van der Waals surface area contributed by atoms with E-state index in [2.05, 4.69) is 34.2 Å². The van der Waals surface area contributed by atoms with Crippen LogP contribution in [0.3, 0.4) is 0 Å². The van der Waals surface area contributed by atoms with E-state index in [9.17, 15) is 4.39 Å². The average molecular weight is 426 g/mol. The van der Waals surface area contributed by atoms with Crippen molar-refractivity contribution in [2.45, 2.75) is 13.0 Å². The van der Waals surface area contributed by atoms with Gasteiger partial charge in [0.2, 0.25) is 0 Å². The molecule has 0 saturated carbocycles. The molecule has 0 aliphatic heterocycles. The highest BCUT2D eigenvalue weighted by molar-refractivity contribution is 14.1. The molecular weight excluding hydrogens is 416 g/mol. The number of nitrogens with one attached hydrogen (secondary N) is 1. The summed E-state index contributed by atoms with van der Waals surface area (Å²) < 4.78 is 15.1. The first-order valence-corrected chi connectivity index (χ1v) is 7.72. The Kier molecular flexibility index (Phi) is 4.43. The van der Waals surface area contributed by atoms with E-state index < -0.39 is 0 Å². The maximum Gasteiger partial charge on any atom is 0.138 e. The van der Waals surface area contributed by atoms with Gasteiger partial charge in [-0.15, -0.1) is 11.3 Å². The van der Waals surface area contributed by atoms with Crippen LogP contribution in [0.2, 0.25) is 0 Å². The summed E-state index contributed by atoms with van der Waals surface area (Å²) >= 11 is 7.14. The van der Waals surface area contributed by atoms with E-state index in [1.54, 1.807) is 17.4 Å². The Bertz CT molecular complexity index is 529. The highest BCUT2D eigenvalue weighted by Gasteiger charge is 2.11. The number of benzene rings is 1. The molecule has 0 amide bonds. The van der Waals surface area contributed by atoms with Crippen molar-refractivity contribution in [2.75, 3.05) is 5.32 Å². The lowest BCUT2D eigenvalue weighted by molar-refractivity contribution is 0.620. The average Bonchev–Trinajstić information content (AvgIpc) is 2.72. The van der Waals surface area contributed by atoms with Gasteiger partial charge < -0.3 is 5.32 Å². The second kappa shape index (κ2) is 5.67. The summed E-state index contributed by atoms with van der Waals surface area (Å²) in [6, 6.07) is 9.34. The Morgan fingerprint density at radius 2 is 2.12 bits per heavy atom. The molecule has 1 atom stereocenters. The third kappa shape index (κ3) is 3.20. The van der Waals surface area contributed by atoms with Crippen molar-refractivity contribution < 1.29 is 4.39 Å². The monoisotopic (exact) mass is 425 g/mol. The summed E-state index contributed by atoms with van der Waals surface area (Å²) in [6.45, 7) is 2.07. The van der Waals surface area contributed by atoms with Gasteiger partial charge in [-0.1, -0.05) is 6.07 Å². The Labute approximate surface area is 126 Å². The third-order valence-corrected chi connectivity index (χ3v) is 5.25. The lowest BCUT2D eigenvalue weighted by atomic mass is 10.2. The molecule has 0 saturated heterocycles. The minimum Gasteiger partial charge on any atom is -0.377 e. The molecule has 90 valence electrons. The summed E-state index contributed by atoms with van der Waals surface area (Å²) in [6.07, 6.45) is 0. The molecule has 2 aromatic rings. The van der Waals surface area contributed by atoms with Gasteiger partial charge in [-0.2, -0.15) is 0 Å². The molecule has 0 spiro atoms. The van der Waals surface area contributed by atoms with E-state index in [1.165, 1.54) is 10.9 Å². The summed E-state index contributed by atoms with van der Waals surface area (Å²) in [7, 11) is 0. The van der Waals surface area contributed by atoms with Crippen molar-refractivity contribution in [3.63, 3.8) is 0 Å². The molecule has 1 unspecified atom stereocenters. The van der Waals surface area contributed by atoms with Crippen LogP contribution in [0.5, 0.6) is 0 Å². The Balaban J connectivity index is 2.18. The molecule has 1 N–H and O–H groups in total. The van der Waals surface area contributed by atoms with Crippen molar-refractivity contribution in [2.24, 2.45) is 0 Å². The third-order valence-electron chi connectivity index (χ3n) is 2.34. The van der Waals surface area contributed by atoms with Crippen LogP contribution < -0.4 is 5.32 Å². The van der Waals surface area contributed by atoms with Crippen LogP contribution in [0.25, 0.3) is 0 Å². The normalized spacial score (nSPS) is 12.5. The fraction of sp³-hybridized carbons (Fsp3) is 0.167. The number of anilines is 1. The van der Waals surface area contributed by atoms with E-state index in [4.69, 9.17) is 0 Å². The fourth-order valence-electron chi connectivity index (χ4n) is 1.48. The van der Waals surface area contributed by atoms with Gasteiger partial charge in [-0.05, 0) is 69.7 Å². The van der Waals surface area contributed by atoms with Crippen molar-refractivity contribution in [1.82, 2.24) is 0 Å². The van der Waals surface area contributed by atoms with Gasteiger partial charge >= 0.3 is 0 Å². The molecular formula is C12H10BrFINS. The predicted molar refractivity (Wildman–Crippen MR) is 83.2 cm³/mol. The topological polar surface area (TPSA) is 12.0 Å². The zero-order valence-electron chi connectivity index (χ0n) is 9.01. The second-order valence-electron chi connectivity index (χ2n) is 3.61. The molecule has 2 rings (SSSR count). The van der Waals surface area contributed by atoms with E-state index in [-0.39, 0.29) is 11.9 Å². The highest BCUT2D eigenvalue weighted by Crippen LogP contribution is 2.31. The maximum atomic E-state index is 13.4. The van der Waals surface area contributed by atoms with Crippen LogP contribution in [0.1, 0.15) is 17.8 Å². The van der Waals surface area contributed by atoms with Crippen LogP contribution in [0.4, 0.5) is 10.1 Å². The van der Waals surface area contributed by atoms with Gasteiger partial charge in [0, 0.05) is 4.88 Å². The summed E-state index contributed by atoms with van der Waals surface area (Å²) in [5.41, 5.74) is 0.836. The van der Waals surface area contributed by atoms with E-state index in [0.29, 0.717) is 3.57 Å². The first-order valence-electron chi connectivity index (χ1n) is 5.03. The van der Waals surface area contributed by atoms with Crippen LogP contribution in [0.15, 0.2) is 34.1 Å². The number of halogens is 3. The van der Waals surface area contributed by atoms with Crippen molar-refractivity contribution in [3.05, 3.63) is 48.4 Å². The lowest BCUT2D eigenvalue weighted by Crippen LogP contribution is -2.06.